The molecule has 0 saturated heterocycles. The maximum Gasteiger partial charge on any atom is 0.231 e. The molecule has 1 N–H and O–H groups in total. The third-order valence-electron chi connectivity index (χ3n) is 1.88. The third kappa shape index (κ3) is 2.10. The molecule has 0 bridgehead atoms. The summed E-state index contributed by atoms with van der Waals surface area (Å²) in [6, 6.07) is 5.79. The molecule has 0 fully saturated rings. The zero-order valence-corrected chi connectivity index (χ0v) is 9.03. The van der Waals surface area contributed by atoms with Crippen LogP contribution >= 0.6 is 24.8 Å². The normalized spacial score (nSPS) is 12.6. The Hall–Kier alpha value is -0.940. The lowest BCUT2D eigenvalue weighted by molar-refractivity contribution is 0.174. The van der Waals surface area contributed by atoms with E-state index in [4.69, 9.17) is 21.7 Å². The topological polar surface area (TPSA) is 30.5 Å². The lowest BCUT2D eigenvalue weighted by Gasteiger charge is -2.04. The Labute approximate surface area is 92.8 Å². The van der Waals surface area contributed by atoms with E-state index in [1.165, 1.54) is 0 Å². The molecular formula is C9H9NO2S2. The van der Waals surface area contributed by atoms with E-state index in [0.717, 1.165) is 17.1 Å². The van der Waals surface area contributed by atoms with Crippen LogP contribution in [0.1, 0.15) is 5.56 Å². The predicted octanol–water partition coefficient (Wildman–Crippen LogP) is 1.72. The highest BCUT2D eigenvalue weighted by atomic mass is 32.1. The van der Waals surface area contributed by atoms with E-state index >= 15 is 0 Å². The summed E-state index contributed by atoms with van der Waals surface area (Å²) in [7, 11) is 0. The van der Waals surface area contributed by atoms with Gasteiger partial charge in [0.2, 0.25) is 6.79 Å². The number of thiocarbonyl (C=S) groups is 1. The highest BCUT2D eigenvalue weighted by Crippen LogP contribution is 2.32. The molecule has 5 heteroatoms. The van der Waals surface area contributed by atoms with Crippen LogP contribution in [0.25, 0.3) is 0 Å². The number of hydrogen-bond acceptors (Lipinski definition) is 3. The van der Waals surface area contributed by atoms with Crippen molar-refractivity contribution >= 4 is 29.2 Å². The second-order valence-corrected chi connectivity index (χ2v) is 4.00. The molecule has 0 unspecified atom stereocenters. The molecule has 0 radical (unpaired) electrons. The van der Waals surface area contributed by atoms with Crippen molar-refractivity contribution in [2.24, 2.45) is 0 Å². The predicted molar refractivity (Wildman–Crippen MR) is 61.0 cm³/mol. The lowest BCUT2D eigenvalue weighted by Crippen LogP contribution is -2.15. The first-order chi connectivity index (χ1) is 6.75. The highest BCUT2D eigenvalue weighted by Gasteiger charge is 2.12. The van der Waals surface area contributed by atoms with E-state index in [2.05, 4.69) is 17.9 Å². The average Bonchev–Trinajstić information content (AvgIpc) is 2.61. The molecular weight excluding hydrogens is 218 g/mol. The summed E-state index contributed by atoms with van der Waals surface area (Å²) in [5.41, 5.74) is 1.09. The molecule has 1 aromatic carbocycles. The van der Waals surface area contributed by atoms with Gasteiger partial charge in [-0.15, -0.1) is 12.6 Å². The summed E-state index contributed by atoms with van der Waals surface area (Å²) < 4.78 is 10.9. The van der Waals surface area contributed by atoms with E-state index < -0.39 is 0 Å². The molecule has 14 heavy (non-hydrogen) atoms. The molecule has 0 aliphatic carbocycles. The number of thiol groups is 1. The van der Waals surface area contributed by atoms with Gasteiger partial charge in [-0.05, 0) is 17.7 Å². The Morgan fingerprint density at radius 1 is 1.43 bits per heavy atom. The summed E-state index contributed by atoms with van der Waals surface area (Å²) in [5, 5.41) is 2.95. The van der Waals surface area contributed by atoms with Gasteiger partial charge in [-0.1, -0.05) is 18.3 Å². The van der Waals surface area contributed by atoms with Crippen LogP contribution in [0.5, 0.6) is 11.5 Å². The van der Waals surface area contributed by atoms with Gasteiger partial charge < -0.3 is 14.8 Å². The minimum absolute atomic E-state index is 0.303. The van der Waals surface area contributed by atoms with Crippen molar-refractivity contribution in [2.45, 2.75) is 6.54 Å². The summed E-state index contributed by atoms with van der Waals surface area (Å²) in [6.45, 7) is 0.955. The fourth-order valence-corrected chi connectivity index (χ4v) is 1.38. The Morgan fingerprint density at radius 3 is 3.00 bits per heavy atom. The Balaban J connectivity index is 2.09. The van der Waals surface area contributed by atoms with Crippen LogP contribution in [0.2, 0.25) is 0 Å². The van der Waals surface area contributed by atoms with E-state index in [1.54, 1.807) is 0 Å². The largest absolute Gasteiger partial charge is 0.454 e. The minimum Gasteiger partial charge on any atom is -0.454 e. The molecule has 0 atom stereocenters. The van der Waals surface area contributed by atoms with E-state index in [-0.39, 0.29) is 0 Å². The van der Waals surface area contributed by atoms with Crippen LogP contribution in [0.4, 0.5) is 0 Å². The van der Waals surface area contributed by atoms with Gasteiger partial charge in [-0.3, -0.25) is 0 Å². The first kappa shape index (κ1) is 9.61. The third-order valence-corrected chi connectivity index (χ3v) is 2.18. The number of rotatable bonds is 2. The van der Waals surface area contributed by atoms with Crippen LogP contribution in [0.3, 0.4) is 0 Å². The average molecular weight is 227 g/mol. The Kier molecular flexibility index (Phi) is 2.79. The summed E-state index contributed by atoms with van der Waals surface area (Å²) in [5.74, 6) is 1.58. The van der Waals surface area contributed by atoms with Gasteiger partial charge in [0.15, 0.2) is 11.5 Å². The number of hydrogen-bond donors (Lipinski definition) is 2. The van der Waals surface area contributed by atoms with Gasteiger partial charge in [-0.25, -0.2) is 0 Å². The van der Waals surface area contributed by atoms with Gasteiger partial charge in [0, 0.05) is 6.54 Å². The highest BCUT2D eigenvalue weighted by molar-refractivity contribution is 8.11. The van der Waals surface area contributed by atoms with Crippen LogP contribution in [0, 0.1) is 0 Å². The van der Waals surface area contributed by atoms with Crippen molar-refractivity contribution in [3.05, 3.63) is 23.8 Å². The van der Waals surface area contributed by atoms with Gasteiger partial charge in [-0.2, -0.15) is 0 Å². The minimum atomic E-state index is 0.303. The van der Waals surface area contributed by atoms with Crippen LogP contribution in [-0.2, 0) is 6.54 Å². The Bertz CT molecular complexity index is 368. The lowest BCUT2D eigenvalue weighted by atomic mass is 10.2. The first-order valence-corrected chi connectivity index (χ1v) is 4.96. The number of ether oxygens (including phenoxy) is 2. The van der Waals surface area contributed by atoms with Crippen molar-refractivity contribution in [3.63, 3.8) is 0 Å². The molecule has 74 valence electrons. The van der Waals surface area contributed by atoms with E-state index in [0.29, 0.717) is 17.7 Å². The quantitative estimate of drug-likeness (QED) is 0.595. The standard InChI is InChI=1S/C9H9NO2S2/c13-9(14)10-4-6-1-2-7-8(3-6)12-5-11-7/h1-3H,4-5H2,(H2,10,13,14). The Morgan fingerprint density at radius 2 is 2.21 bits per heavy atom. The smallest absolute Gasteiger partial charge is 0.231 e. The van der Waals surface area contributed by atoms with Gasteiger partial charge in [0.1, 0.15) is 4.32 Å². The van der Waals surface area contributed by atoms with Crippen LogP contribution in [0.15, 0.2) is 18.2 Å². The molecule has 0 amide bonds. The van der Waals surface area contributed by atoms with E-state index in [1.807, 2.05) is 18.2 Å². The summed E-state index contributed by atoms with van der Waals surface area (Å²) in [4.78, 5) is 0. The van der Waals surface area contributed by atoms with E-state index in [9.17, 15) is 0 Å². The molecule has 1 aliphatic heterocycles. The number of benzene rings is 1. The van der Waals surface area contributed by atoms with Crippen molar-refractivity contribution in [1.82, 2.24) is 5.32 Å². The van der Waals surface area contributed by atoms with Crippen LogP contribution < -0.4 is 14.8 Å². The van der Waals surface area contributed by atoms with Crippen molar-refractivity contribution in [1.29, 1.82) is 0 Å². The summed E-state index contributed by atoms with van der Waals surface area (Å²) >= 11 is 8.77. The fourth-order valence-electron chi connectivity index (χ4n) is 1.23. The maximum atomic E-state index is 5.24. The number of nitrogens with one attached hydrogen (secondary N) is 1. The molecule has 0 saturated carbocycles. The summed E-state index contributed by atoms with van der Waals surface area (Å²) in [6.07, 6.45) is 0. The van der Waals surface area contributed by atoms with Crippen molar-refractivity contribution in [2.75, 3.05) is 6.79 Å². The van der Waals surface area contributed by atoms with Crippen LogP contribution in [-0.4, -0.2) is 11.1 Å². The van der Waals surface area contributed by atoms with Gasteiger partial charge in [0.25, 0.3) is 0 Å². The second-order valence-electron chi connectivity index (χ2n) is 2.85. The molecule has 0 spiro atoms. The zero-order chi connectivity index (χ0) is 9.97. The molecule has 3 nitrogen and oxygen atoms in total. The zero-order valence-electron chi connectivity index (χ0n) is 7.32. The second kappa shape index (κ2) is 4.06. The molecule has 1 aromatic rings. The monoisotopic (exact) mass is 227 g/mol. The van der Waals surface area contributed by atoms with Crippen molar-refractivity contribution < 1.29 is 9.47 Å². The SMILES string of the molecule is S=C(S)NCc1ccc2c(c1)OCO2. The molecule has 0 aromatic heterocycles. The number of fused-ring (bicyclic) bond motifs is 1. The molecule has 2 rings (SSSR count). The molecule has 1 heterocycles. The fraction of sp³-hybridized carbons (Fsp3) is 0.222. The molecule has 1 aliphatic rings. The van der Waals surface area contributed by atoms with Crippen molar-refractivity contribution in [3.8, 4) is 11.5 Å². The van der Waals surface area contributed by atoms with Gasteiger partial charge in [0.05, 0.1) is 0 Å². The maximum absolute atomic E-state index is 5.24. The first-order valence-electron chi connectivity index (χ1n) is 4.11. The van der Waals surface area contributed by atoms with Gasteiger partial charge >= 0.3 is 0 Å².